The van der Waals surface area contributed by atoms with E-state index in [9.17, 15) is 0 Å². The maximum absolute atomic E-state index is 5.87. The number of nitrogens with zero attached hydrogens (tertiary/aromatic N) is 1. The molecule has 0 bridgehead atoms. The molecule has 14 heavy (non-hydrogen) atoms. The Morgan fingerprint density at radius 3 is 3.00 bits per heavy atom. The van der Waals surface area contributed by atoms with E-state index < -0.39 is 0 Å². The standard InChI is InChI=1S/C10H8Cl2NO/c1-2-5-14-13-7-8-3-4-9(11)6-10(8)12/h2-3,6-7H,1,5H2. The lowest BCUT2D eigenvalue weighted by molar-refractivity contribution is 0.176. The zero-order chi connectivity index (χ0) is 10.4. The van der Waals surface area contributed by atoms with Gasteiger partial charge in [0.1, 0.15) is 6.61 Å². The van der Waals surface area contributed by atoms with E-state index in [0.29, 0.717) is 22.2 Å². The molecular weight excluding hydrogens is 221 g/mol. The lowest BCUT2D eigenvalue weighted by Gasteiger charge is -1.97. The summed E-state index contributed by atoms with van der Waals surface area (Å²) in [6, 6.07) is 6.04. The van der Waals surface area contributed by atoms with Gasteiger partial charge in [-0.05, 0) is 12.1 Å². The SMILES string of the molecule is C=CCON=Cc1c[c]c(Cl)cc1Cl. The van der Waals surface area contributed by atoms with E-state index in [0.717, 1.165) is 0 Å². The molecule has 0 unspecified atom stereocenters. The van der Waals surface area contributed by atoms with E-state index in [2.05, 4.69) is 17.8 Å². The first-order valence-corrected chi connectivity index (χ1v) is 4.62. The van der Waals surface area contributed by atoms with Crippen molar-refractivity contribution in [2.75, 3.05) is 6.61 Å². The van der Waals surface area contributed by atoms with Gasteiger partial charge in [0.2, 0.25) is 0 Å². The Hall–Kier alpha value is -0.990. The largest absolute Gasteiger partial charge is 0.392 e. The fraction of sp³-hybridized carbons (Fsp3) is 0.100. The van der Waals surface area contributed by atoms with Crippen molar-refractivity contribution in [1.82, 2.24) is 0 Å². The molecule has 0 fully saturated rings. The van der Waals surface area contributed by atoms with E-state index in [4.69, 9.17) is 28.0 Å². The number of rotatable bonds is 4. The molecule has 1 aromatic carbocycles. The van der Waals surface area contributed by atoms with E-state index in [-0.39, 0.29) is 0 Å². The molecule has 0 aliphatic heterocycles. The Morgan fingerprint density at radius 2 is 2.36 bits per heavy atom. The highest BCUT2D eigenvalue weighted by Crippen LogP contribution is 2.18. The fourth-order valence-electron chi connectivity index (χ4n) is 0.741. The van der Waals surface area contributed by atoms with Gasteiger partial charge in [0.15, 0.2) is 0 Å². The van der Waals surface area contributed by atoms with Crippen molar-refractivity contribution in [3.05, 3.63) is 46.5 Å². The monoisotopic (exact) mass is 228 g/mol. The molecule has 0 spiro atoms. The molecule has 0 aliphatic rings. The van der Waals surface area contributed by atoms with Crippen LogP contribution in [0.5, 0.6) is 0 Å². The van der Waals surface area contributed by atoms with Crippen LogP contribution in [0, 0.1) is 6.07 Å². The van der Waals surface area contributed by atoms with Gasteiger partial charge < -0.3 is 4.84 Å². The number of hydrogen-bond donors (Lipinski definition) is 0. The van der Waals surface area contributed by atoms with E-state index in [1.165, 1.54) is 6.21 Å². The van der Waals surface area contributed by atoms with Gasteiger partial charge in [-0.15, -0.1) is 0 Å². The Bertz CT molecular complexity index is 350. The molecule has 1 rings (SSSR count). The first kappa shape index (κ1) is 11.1. The van der Waals surface area contributed by atoms with Crippen molar-refractivity contribution in [2.45, 2.75) is 0 Å². The third-order valence-corrected chi connectivity index (χ3v) is 1.90. The van der Waals surface area contributed by atoms with Crippen LogP contribution in [0.25, 0.3) is 0 Å². The van der Waals surface area contributed by atoms with Crippen LogP contribution in [0.4, 0.5) is 0 Å². The summed E-state index contributed by atoms with van der Waals surface area (Å²) < 4.78 is 0. The third kappa shape index (κ3) is 3.40. The summed E-state index contributed by atoms with van der Waals surface area (Å²) in [6.07, 6.45) is 3.10. The van der Waals surface area contributed by atoms with Gasteiger partial charge in [0.05, 0.1) is 11.2 Å². The predicted octanol–water partition coefficient (Wildman–Crippen LogP) is 3.33. The second-order valence-corrected chi connectivity index (χ2v) is 3.22. The molecule has 4 heteroatoms. The van der Waals surface area contributed by atoms with Gasteiger partial charge in [0, 0.05) is 16.7 Å². The Morgan fingerprint density at radius 1 is 1.57 bits per heavy atom. The molecule has 0 heterocycles. The molecule has 0 amide bonds. The van der Waals surface area contributed by atoms with E-state index in [1.807, 2.05) is 0 Å². The number of halogens is 2. The van der Waals surface area contributed by atoms with Crippen LogP contribution >= 0.6 is 23.2 Å². The number of oxime groups is 1. The van der Waals surface area contributed by atoms with Crippen LogP contribution in [-0.4, -0.2) is 12.8 Å². The van der Waals surface area contributed by atoms with E-state index >= 15 is 0 Å². The van der Waals surface area contributed by atoms with Crippen LogP contribution < -0.4 is 0 Å². The normalized spacial score (nSPS) is 10.4. The van der Waals surface area contributed by atoms with Crippen LogP contribution in [0.15, 0.2) is 29.9 Å². The van der Waals surface area contributed by atoms with Crippen molar-refractivity contribution in [3.63, 3.8) is 0 Å². The van der Waals surface area contributed by atoms with Crippen molar-refractivity contribution >= 4 is 29.4 Å². The summed E-state index contributed by atoms with van der Waals surface area (Å²) in [7, 11) is 0. The predicted molar refractivity (Wildman–Crippen MR) is 59.0 cm³/mol. The van der Waals surface area contributed by atoms with Gasteiger partial charge in [-0.25, -0.2) is 0 Å². The second kappa shape index (κ2) is 5.68. The summed E-state index contributed by atoms with van der Waals surface area (Å²) in [4.78, 5) is 4.82. The highest BCUT2D eigenvalue weighted by atomic mass is 35.5. The van der Waals surface area contributed by atoms with Gasteiger partial charge in [-0.3, -0.25) is 0 Å². The lowest BCUT2D eigenvalue weighted by Crippen LogP contribution is -1.86. The smallest absolute Gasteiger partial charge is 0.135 e. The summed E-state index contributed by atoms with van der Waals surface area (Å²) >= 11 is 11.5. The molecule has 0 saturated carbocycles. The molecule has 73 valence electrons. The highest BCUT2D eigenvalue weighted by molar-refractivity contribution is 6.36. The maximum Gasteiger partial charge on any atom is 0.135 e. The van der Waals surface area contributed by atoms with E-state index in [1.54, 1.807) is 18.2 Å². The quantitative estimate of drug-likeness (QED) is 0.336. The molecule has 1 radical (unpaired) electrons. The molecule has 0 N–H and O–H groups in total. The first-order chi connectivity index (χ1) is 6.74. The van der Waals surface area contributed by atoms with Crippen LogP contribution in [0.2, 0.25) is 10.0 Å². The summed E-state index contributed by atoms with van der Waals surface area (Å²) in [5.41, 5.74) is 0.708. The Labute approximate surface area is 92.8 Å². The second-order valence-electron chi connectivity index (χ2n) is 2.40. The Kier molecular flexibility index (Phi) is 4.50. The molecule has 0 atom stereocenters. The molecule has 0 aromatic heterocycles. The zero-order valence-electron chi connectivity index (χ0n) is 7.34. The third-order valence-electron chi connectivity index (χ3n) is 1.35. The van der Waals surface area contributed by atoms with Crippen molar-refractivity contribution < 1.29 is 4.84 Å². The Balaban J connectivity index is 2.67. The van der Waals surface area contributed by atoms with Crippen molar-refractivity contribution in [3.8, 4) is 0 Å². The minimum absolute atomic E-state index is 0.366. The number of hydrogen-bond acceptors (Lipinski definition) is 2. The fourth-order valence-corrected chi connectivity index (χ4v) is 1.17. The molecule has 0 aliphatic carbocycles. The molecular formula is C10H8Cl2NO. The van der Waals surface area contributed by atoms with Gasteiger partial charge in [-0.2, -0.15) is 0 Å². The topological polar surface area (TPSA) is 21.6 Å². The average molecular weight is 229 g/mol. The van der Waals surface area contributed by atoms with Crippen LogP contribution in [0.3, 0.4) is 0 Å². The van der Waals surface area contributed by atoms with Crippen LogP contribution in [-0.2, 0) is 4.84 Å². The minimum atomic E-state index is 0.366. The van der Waals surface area contributed by atoms with Crippen LogP contribution in [0.1, 0.15) is 5.56 Å². The maximum atomic E-state index is 5.87. The molecule has 1 aromatic rings. The van der Waals surface area contributed by atoms with Gasteiger partial charge in [-0.1, -0.05) is 41.0 Å². The minimum Gasteiger partial charge on any atom is -0.392 e. The summed E-state index contributed by atoms with van der Waals surface area (Å²) in [6.45, 7) is 3.85. The lowest BCUT2D eigenvalue weighted by atomic mass is 10.2. The highest BCUT2D eigenvalue weighted by Gasteiger charge is 1.97. The average Bonchev–Trinajstić information content (AvgIpc) is 2.15. The zero-order valence-corrected chi connectivity index (χ0v) is 8.85. The molecule has 0 saturated heterocycles. The van der Waals surface area contributed by atoms with Gasteiger partial charge >= 0.3 is 0 Å². The van der Waals surface area contributed by atoms with Crippen molar-refractivity contribution in [2.24, 2.45) is 5.16 Å². The molecule has 2 nitrogen and oxygen atoms in total. The van der Waals surface area contributed by atoms with Crippen molar-refractivity contribution in [1.29, 1.82) is 0 Å². The first-order valence-electron chi connectivity index (χ1n) is 3.87. The summed E-state index contributed by atoms with van der Waals surface area (Å²) in [5.74, 6) is 0. The summed E-state index contributed by atoms with van der Waals surface area (Å²) in [5, 5.41) is 4.66. The van der Waals surface area contributed by atoms with Gasteiger partial charge in [0.25, 0.3) is 0 Å². The number of benzene rings is 1.